The van der Waals surface area contributed by atoms with Gasteiger partial charge in [0.15, 0.2) is 5.78 Å². The van der Waals surface area contributed by atoms with E-state index in [1.54, 1.807) is 0 Å². The largest absolute Gasteiger partial charge is 0.299 e. The summed E-state index contributed by atoms with van der Waals surface area (Å²) in [4.78, 5) is 26.8. The van der Waals surface area contributed by atoms with Gasteiger partial charge in [0.2, 0.25) is 0 Å². The molecule has 0 radical (unpaired) electrons. The Kier molecular flexibility index (Phi) is 9.15. The Hall–Kier alpha value is -1.44. The van der Waals surface area contributed by atoms with Crippen LogP contribution in [-0.4, -0.2) is 11.6 Å². The van der Waals surface area contributed by atoms with E-state index in [0.717, 1.165) is 43.6 Å². The second-order valence-electron chi connectivity index (χ2n) is 10.0. The maximum Gasteiger partial charge on any atom is 0.151 e. The van der Waals surface area contributed by atoms with Gasteiger partial charge in [0.25, 0.3) is 0 Å². The fourth-order valence-electron chi connectivity index (χ4n) is 6.09. The van der Waals surface area contributed by atoms with Crippen LogP contribution in [0.5, 0.6) is 0 Å². The molecule has 2 heteroatoms. The number of unbranched alkanes of at least 4 members (excludes halogenated alkanes) is 2. The molecule has 0 aliphatic heterocycles. The monoisotopic (exact) mass is 410 g/mol. The minimum Gasteiger partial charge on any atom is -0.299 e. The summed E-state index contributed by atoms with van der Waals surface area (Å²) in [7, 11) is 0. The molecule has 0 bridgehead atoms. The van der Waals surface area contributed by atoms with Crippen LogP contribution in [0.25, 0.3) is 0 Å². The Morgan fingerprint density at radius 1 is 0.867 bits per heavy atom. The summed E-state index contributed by atoms with van der Waals surface area (Å²) in [6, 6.07) is 10.3. The normalized spacial score (nSPS) is 28.3. The Morgan fingerprint density at radius 3 is 2.20 bits per heavy atom. The van der Waals surface area contributed by atoms with Crippen molar-refractivity contribution in [2.75, 3.05) is 0 Å². The van der Waals surface area contributed by atoms with Gasteiger partial charge < -0.3 is 0 Å². The summed E-state index contributed by atoms with van der Waals surface area (Å²) in [6.45, 7) is 4.49. The van der Waals surface area contributed by atoms with Crippen LogP contribution in [0.15, 0.2) is 30.3 Å². The fraction of sp³-hybridized carbons (Fsp3) is 0.714. The van der Waals surface area contributed by atoms with Gasteiger partial charge in [0.1, 0.15) is 5.78 Å². The van der Waals surface area contributed by atoms with Crippen LogP contribution in [0.1, 0.15) is 109 Å². The molecule has 3 unspecified atom stereocenters. The highest BCUT2D eigenvalue weighted by molar-refractivity contribution is 6.05. The first-order valence-electron chi connectivity index (χ1n) is 12.7. The van der Waals surface area contributed by atoms with Gasteiger partial charge >= 0.3 is 0 Å². The highest BCUT2D eigenvalue weighted by Gasteiger charge is 2.40. The summed E-state index contributed by atoms with van der Waals surface area (Å²) in [5.74, 6) is 1.77. The zero-order valence-corrected chi connectivity index (χ0v) is 19.3. The van der Waals surface area contributed by atoms with Crippen molar-refractivity contribution in [3.8, 4) is 0 Å². The Labute approximate surface area is 184 Å². The molecule has 166 valence electrons. The van der Waals surface area contributed by atoms with Crippen LogP contribution >= 0.6 is 0 Å². The molecule has 0 spiro atoms. The first-order valence-corrected chi connectivity index (χ1v) is 12.7. The summed E-state index contributed by atoms with van der Waals surface area (Å²) >= 11 is 0. The second kappa shape index (κ2) is 11.8. The van der Waals surface area contributed by atoms with E-state index in [9.17, 15) is 9.59 Å². The van der Waals surface area contributed by atoms with Gasteiger partial charge in [-0.2, -0.15) is 0 Å². The highest BCUT2D eigenvalue weighted by atomic mass is 16.2. The van der Waals surface area contributed by atoms with E-state index in [0.29, 0.717) is 18.3 Å². The molecule has 0 N–H and O–H groups in total. The number of ketones is 2. The van der Waals surface area contributed by atoms with E-state index in [-0.39, 0.29) is 23.4 Å². The minimum absolute atomic E-state index is 0.0839. The van der Waals surface area contributed by atoms with Crippen molar-refractivity contribution in [1.29, 1.82) is 0 Å². The van der Waals surface area contributed by atoms with Crippen molar-refractivity contribution in [3.05, 3.63) is 35.9 Å². The number of hydrogen-bond donors (Lipinski definition) is 0. The highest BCUT2D eigenvalue weighted by Crippen LogP contribution is 2.43. The van der Waals surface area contributed by atoms with Gasteiger partial charge in [-0.05, 0) is 49.0 Å². The topological polar surface area (TPSA) is 34.1 Å². The van der Waals surface area contributed by atoms with Gasteiger partial charge in [-0.25, -0.2) is 0 Å². The molecule has 1 aromatic carbocycles. The second-order valence-corrected chi connectivity index (χ2v) is 10.0. The molecule has 2 aliphatic rings. The van der Waals surface area contributed by atoms with E-state index < -0.39 is 0 Å². The smallest absolute Gasteiger partial charge is 0.151 e. The van der Waals surface area contributed by atoms with Crippen molar-refractivity contribution in [3.63, 3.8) is 0 Å². The van der Waals surface area contributed by atoms with Crippen molar-refractivity contribution in [2.45, 2.75) is 103 Å². The third-order valence-corrected chi connectivity index (χ3v) is 7.83. The SMILES string of the molecule is CCCCCC1CCC(C(=O)C(c2ccccc2)C2CCC(CCC)CC2)C(=O)C1. The van der Waals surface area contributed by atoms with E-state index >= 15 is 0 Å². The molecule has 2 fully saturated rings. The van der Waals surface area contributed by atoms with Gasteiger partial charge in [0.05, 0.1) is 5.92 Å². The molecule has 2 saturated carbocycles. The van der Waals surface area contributed by atoms with Gasteiger partial charge in [-0.3, -0.25) is 9.59 Å². The first kappa shape index (κ1) is 23.2. The molecule has 2 nitrogen and oxygen atoms in total. The molecule has 0 aromatic heterocycles. The van der Waals surface area contributed by atoms with Crippen molar-refractivity contribution in [1.82, 2.24) is 0 Å². The molecule has 3 rings (SSSR count). The zero-order valence-electron chi connectivity index (χ0n) is 19.3. The lowest BCUT2D eigenvalue weighted by molar-refractivity contribution is -0.137. The summed E-state index contributed by atoms with van der Waals surface area (Å²) in [5, 5.41) is 0. The Bertz CT molecular complexity index is 656. The molecule has 0 heterocycles. The molecule has 0 amide bonds. The summed E-state index contributed by atoms with van der Waals surface area (Å²) < 4.78 is 0. The third kappa shape index (κ3) is 6.05. The molecule has 0 saturated heterocycles. The fourth-order valence-corrected chi connectivity index (χ4v) is 6.09. The predicted molar refractivity (Wildman–Crippen MR) is 125 cm³/mol. The van der Waals surface area contributed by atoms with Gasteiger partial charge in [-0.1, -0.05) is 95.5 Å². The zero-order chi connectivity index (χ0) is 21.3. The maximum atomic E-state index is 13.8. The first-order chi connectivity index (χ1) is 14.6. The average molecular weight is 411 g/mol. The van der Waals surface area contributed by atoms with Gasteiger partial charge in [-0.15, -0.1) is 0 Å². The van der Waals surface area contributed by atoms with Crippen LogP contribution in [0.4, 0.5) is 0 Å². The average Bonchev–Trinajstić information content (AvgIpc) is 2.76. The summed E-state index contributed by atoms with van der Waals surface area (Å²) in [5.41, 5.74) is 1.14. The van der Waals surface area contributed by atoms with Crippen LogP contribution in [0, 0.1) is 23.7 Å². The molecule has 3 atom stereocenters. The van der Waals surface area contributed by atoms with E-state index in [1.807, 2.05) is 18.2 Å². The quantitative estimate of drug-likeness (QED) is 0.295. The molecular formula is C28H42O2. The Balaban J connectivity index is 1.68. The standard InChI is InChI=1S/C28H42O2/c1-3-5-7-11-22-16-19-25(26(29)20-22)28(30)27(23-12-8-6-9-13-23)24-17-14-21(10-4-2)15-18-24/h6,8-9,12-13,21-22,24-25,27H,3-5,7,10-11,14-20H2,1-2H3. The molecule has 30 heavy (non-hydrogen) atoms. The van der Waals surface area contributed by atoms with Crippen LogP contribution < -0.4 is 0 Å². The maximum absolute atomic E-state index is 13.8. The number of carbonyl (C=O) groups is 2. The molecule has 2 aliphatic carbocycles. The minimum atomic E-state index is -0.356. The number of rotatable bonds is 10. The predicted octanol–water partition coefficient (Wildman–Crippen LogP) is 7.51. The van der Waals surface area contributed by atoms with Crippen LogP contribution in [0.2, 0.25) is 0 Å². The number of carbonyl (C=O) groups excluding carboxylic acids is 2. The van der Waals surface area contributed by atoms with E-state index in [2.05, 4.69) is 26.0 Å². The lowest BCUT2D eigenvalue weighted by Crippen LogP contribution is -2.37. The lowest BCUT2D eigenvalue weighted by Gasteiger charge is -2.36. The molecule has 1 aromatic rings. The van der Waals surface area contributed by atoms with E-state index in [4.69, 9.17) is 0 Å². The van der Waals surface area contributed by atoms with E-state index in [1.165, 1.54) is 44.9 Å². The third-order valence-electron chi connectivity index (χ3n) is 7.83. The Morgan fingerprint density at radius 2 is 1.57 bits per heavy atom. The number of benzene rings is 1. The van der Waals surface area contributed by atoms with Crippen molar-refractivity contribution >= 4 is 11.6 Å². The number of hydrogen-bond acceptors (Lipinski definition) is 2. The van der Waals surface area contributed by atoms with Crippen molar-refractivity contribution in [2.24, 2.45) is 23.7 Å². The van der Waals surface area contributed by atoms with Crippen molar-refractivity contribution < 1.29 is 9.59 Å². The van der Waals surface area contributed by atoms with Crippen LogP contribution in [-0.2, 0) is 9.59 Å². The van der Waals surface area contributed by atoms with Gasteiger partial charge in [0, 0.05) is 12.3 Å². The molecular weight excluding hydrogens is 368 g/mol. The van der Waals surface area contributed by atoms with Crippen LogP contribution in [0.3, 0.4) is 0 Å². The summed E-state index contributed by atoms with van der Waals surface area (Å²) in [6.07, 6.45) is 14.6. The lowest BCUT2D eigenvalue weighted by atomic mass is 9.67. The number of Topliss-reactive ketones (excluding diaryl/α,β-unsaturated/α-hetero) is 2.